The van der Waals surface area contributed by atoms with E-state index in [1.165, 1.54) is 19.3 Å². The molecule has 3 rings (SSSR count). The SMILES string of the molecule is Nc1ccc(CC(C(=O)O)c2cn(C3CCCCC3)cn2)cn1.[H-].[Na+]. The van der Waals surface area contributed by atoms with Gasteiger partial charge in [0.25, 0.3) is 0 Å². The number of rotatable bonds is 5. The quantitative estimate of drug-likeness (QED) is 0.742. The van der Waals surface area contributed by atoms with Crippen LogP contribution < -0.4 is 35.3 Å². The van der Waals surface area contributed by atoms with Gasteiger partial charge in [-0.15, -0.1) is 0 Å². The van der Waals surface area contributed by atoms with Crippen LogP contribution in [0.3, 0.4) is 0 Å². The third kappa shape index (κ3) is 4.59. The summed E-state index contributed by atoms with van der Waals surface area (Å²) in [5, 5.41) is 9.57. The van der Waals surface area contributed by atoms with Crippen LogP contribution >= 0.6 is 0 Å². The number of pyridine rings is 1. The van der Waals surface area contributed by atoms with E-state index >= 15 is 0 Å². The van der Waals surface area contributed by atoms with E-state index in [0.717, 1.165) is 18.4 Å². The van der Waals surface area contributed by atoms with Gasteiger partial charge >= 0.3 is 35.5 Å². The van der Waals surface area contributed by atoms with E-state index in [1.807, 2.05) is 12.3 Å². The largest absolute Gasteiger partial charge is 1.00 e. The first-order valence-electron chi connectivity index (χ1n) is 8.10. The normalized spacial score (nSPS) is 16.3. The number of nitrogens with two attached hydrogens (primary N) is 1. The Morgan fingerprint density at radius 2 is 2.08 bits per heavy atom. The van der Waals surface area contributed by atoms with Crippen molar-refractivity contribution in [3.8, 4) is 0 Å². The summed E-state index contributed by atoms with van der Waals surface area (Å²) in [6.45, 7) is 0. The number of carbonyl (C=O) groups is 1. The van der Waals surface area contributed by atoms with Crippen LogP contribution in [0.4, 0.5) is 5.82 Å². The van der Waals surface area contributed by atoms with Crippen LogP contribution in [0.2, 0.25) is 0 Å². The molecule has 2 aromatic rings. The van der Waals surface area contributed by atoms with Crippen LogP contribution in [0.1, 0.15) is 56.7 Å². The van der Waals surface area contributed by atoms with E-state index in [4.69, 9.17) is 5.73 Å². The Hall–Kier alpha value is -1.37. The number of aliphatic carboxylic acids is 1. The third-order valence-electron chi connectivity index (χ3n) is 4.56. The summed E-state index contributed by atoms with van der Waals surface area (Å²) >= 11 is 0. The number of nitrogen functional groups attached to an aromatic ring is 1. The number of anilines is 1. The summed E-state index contributed by atoms with van der Waals surface area (Å²) in [5.41, 5.74) is 7.03. The second-order valence-electron chi connectivity index (χ2n) is 6.22. The minimum Gasteiger partial charge on any atom is -1.00 e. The molecule has 2 aromatic heterocycles. The van der Waals surface area contributed by atoms with Crippen molar-refractivity contribution in [2.24, 2.45) is 0 Å². The summed E-state index contributed by atoms with van der Waals surface area (Å²) in [4.78, 5) is 20.0. The molecule has 0 amide bonds. The number of hydrogen-bond donors (Lipinski definition) is 2. The van der Waals surface area contributed by atoms with E-state index in [-0.39, 0.29) is 31.0 Å². The summed E-state index contributed by atoms with van der Waals surface area (Å²) in [6.07, 6.45) is 11.7. The van der Waals surface area contributed by atoms with Gasteiger partial charge in [0.15, 0.2) is 0 Å². The molecule has 2 heterocycles. The standard InChI is InChI=1S/C17H22N4O2.Na.H/c18-16-7-6-12(9-19-16)8-14(17(22)23)15-10-21(11-20-15)13-4-2-1-3-5-13;;/h6-7,9-11,13-14H,1-5,8H2,(H2,18,19)(H,22,23);;/q;+1;-1. The van der Waals surface area contributed by atoms with Crippen LogP contribution in [-0.4, -0.2) is 25.6 Å². The van der Waals surface area contributed by atoms with Crippen molar-refractivity contribution < 1.29 is 40.9 Å². The van der Waals surface area contributed by atoms with Crippen LogP contribution in [0, 0.1) is 0 Å². The maximum atomic E-state index is 11.7. The number of carboxylic acid groups (broad SMARTS) is 1. The minimum atomic E-state index is -0.865. The number of carboxylic acids is 1. The van der Waals surface area contributed by atoms with Crippen molar-refractivity contribution in [2.45, 2.75) is 50.5 Å². The van der Waals surface area contributed by atoms with E-state index in [2.05, 4.69) is 14.5 Å². The van der Waals surface area contributed by atoms with Gasteiger partial charge in [0.1, 0.15) is 11.7 Å². The summed E-state index contributed by atoms with van der Waals surface area (Å²) < 4.78 is 2.09. The Morgan fingerprint density at radius 3 is 2.71 bits per heavy atom. The molecule has 1 unspecified atom stereocenters. The minimum absolute atomic E-state index is 0. The molecule has 24 heavy (non-hydrogen) atoms. The molecule has 7 heteroatoms. The Bertz CT molecular complexity index is 672. The number of hydrogen-bond acceptors (Lipinski definition) is 4. The average molecular weight is 338 g/mol. The van der Waals surface area contributed by atoms with Gasteiger partial charge in [0.2, 0.25) is 0 Å². The van der Waals surface area contributed by atoms with Gasteiger partial charge in [-0.3, -0.25) is 4.79 Å². The van der Waals surface area contributed by atoms with Crippen LogP contribution in [0.5, 0.6) is 0 Å². The van der Waals surface area contributed by atoms with E-state index < -0.39 is 11.9 Å². The molecule has 6 nitrogen and oxygen atoms in total. The van der Waals surface area contributed by atoms with Crippen molar-refractivity contribution in [2.75, 3.05) is 5.73 Å². The van der Waals surface area contributed by atoms with Crippen LogP contribution in [0.25, 0.3) is 0 Å². The van der Waals surface area contributed by atoms with E-state index in [1.54, 1.807) is 18.6 Å². The second-order valence-corrected chi connectivity index (χ2v) is 6.22. The van der Waals surface area contributed by atoms with Crippen molar-refractivity contribution in [3.05, 3.63) is 42.1 Å². The molecule has 124 valence electrons. The molecule has 0 saturated heterocycles. The summed E-state index contributed by atoms with van der Waals surface area (Å²) in [5.74, 6) is -1.09. The zero-order valence-electron chi connectivity index (χ0n) is 15.1. The predicted molar refractivity (Wildman–Crippen MR) is 88.2 cm³/mol. The topological polar surface area (TPSA) is 94.0 Å². The Kier molecular flexibility index (Phi) is 6.83. The Labute approximate surface area is 165 Å². The summed E-state index contributed by atoms with van der Waals surface area (Å²) in [7, 11) is 0. The molecule has 0 radical (unpaired) electrons. The van der Waals surface area contributed by atoms with Gasteiger partial charge in [0, 0.05) is 18.4 Å². The third-order valence-corrected chi connectivity index (χ3v) is 4.56. The summed E-state index contributed by atoms with van der Waals surface area (Å²) in [6, 6.07) is 3.96. The van der Waals surface area contributed by atoms with Crippen molar-refractivity contribution in [3.63, 3.8) is 0 Å². The Morgan fingerprint density at radius 1 is 1.33 bits per heavy atom. The Balaban J connectivity index is 0.00000156. The van der Waals surface area contributed by atoms with Crippen molar-refractivity contribution in [1.29, 1.82) is 0 Å². The van der Waals surface area contributed by atoms with Gasteiger partial charge in [-0.25, -0.2) is 9.97 Å². The first-order valence-corrected chi connectivity index (χ1v) is 8.10. The fourth-order valence-corrected chi connectivity index (χ4v) is 3.22. The van der Waals surface area contributed by atoms with Crippen molar-refractivity contribution in [1.82, 2.24) is 14.5 Å². The molecule has 3 N–H and O–H groups in total. The zero-order chi connectivity index (χ0) is 16.2. The zero-order valence-corrected chi connectivity index (χ0v) is 16.1. The fourth-order valence-electron chi connectivity index (χ4n) is 3.22. The van der Waals surface area contributed by atoms with Gasteiger partial charge in [-0.05, 0) is 30.9 Å². The van der Waals surface area contributed by atoms with Gasteiger partial charge in [-0.2, -0.15) is 0 Å². The van der Waals surface area contributed by atoms with Gasteiger partial charge < -0.3 is 16.8 Å². The molecule has 1 saturated carbocycles. The van der Waals surface area contributed by atoms with Crippen molar-refractivity contribution >= 4 is 11.8 Å². The van der Waals surface area contributed by atoms with E-state index in [9.17, 15) is 9.90 Å². The molecule has 0 aromatic carbocycles. The smallest absolute Gasteiger partial charge is 1.00 e. The molecular formula is C17H23N4NaO2. The molecule has 1 atom stereocenters. The fraction of sp³-hybridized carbons (Fsp3) is 0.471. The molecule has 1 aliphatic rings. The maximum absolute atomic E-state index is 11.7. The number of nitrogens with zero attached hydrogens (tertiary/aromatic N) is 3. The van der Waals surface area contributed by atoms with Gasteiger partial charge in [0.05, 0.1) is 12.0 Å². The maximum Gasteiger partial charge on any atom is 1.00 e. The number of aromatic nitrogens is 3. The second kappa shape index (κ2) is 8.65. The predicted octanol–water partition coefficient (Wildman–Crippen LogP) is -0.107. The first kappa shape index (κ1) is 19.0. The number of imidazole rings is 1. The molecular weight excluding hydrogens is 315 g/mol. The average Bonchev–Trinajstić information content (AvgIpc) is 3.04. The molecule has 1 fully saturated rings. The molecule has 0 bridgehead atoms. The molecule has 0 aliphatic heterocycles. The van der Waals surface area contributed by atoms with Crippen LogP contribution in [-0.2, 0) is 11.2 Å². The monoisotopic (exact) mass is 338 g/mol. The van der Waals surface area contributed by atoms with Gasteiger partial charge in [-0.1, -0.05) is 25.3 Å². The molecule has 0 spiro atoms. The molecule has 1 aliphatic carbocycles. The van der Waals surface area contributed by atoms with E-state index in [0.29, 0.717) is 24.0 Å². The first-order chi connectivity index (χ1) is 11.1. The van der Waals surface area contributed by atoms with Crippen LogP contribution in [0.15, 0.2) is 30.9 Å².